The third-order valence-electron chi connectivity index (χ3n) is 2.69. The first-order valence-corrected chi connectivity index (χ1v) is 5.12. The molecule has 1 aliphatic carbocycles. The van der Waals surface area contributed by atoms with E-state index in [-0.39, 0.29) is 12.0 Å². The molecule has 1 fully saturated rings. The highest BCUT2D eigenvalue weighted by Gasteiger charge is 2.23. The van der Waals surface area contributed by atoms with Crippen LogP contribution in [0.25, 0.3) is 0 Å². The van der Waals surface area contributed by atoms with E-state index in [0.717, 1.165) is 12.8 Å². The Balaban J connectivity index is 2.16. The predicted molar refractivity (Wildman–Crippen MR) is 51.9 cm³/mol. The minimum atomic E-state index is -0.366. The van der Waals surface area contributed by atoms with Crippen molar-refractivity contribution in [1.29, 1.82) is 5.41 Å². The van der Waals surface area contributed by atoms with E-state index in [1.54, 1.807) is 0 Å². The average molecular weight is 185 g/mol. The molecule has 1 aliphatic rings. The van der Waals surface area contributed by atoms with E-state index in [9.17, 15) is 5.11 Å². The van der Waals surface area contributed by atoms with Crippen molar-refractivity contribution in [3.05, 3.63) is 0 Å². The Morgan fingerprint density at radius 2 is 2.15 bits per heavy atom. The molecule has 1 unspecified atom stereocenters. The average Bonchev–Trinajstić information content (AvgIpc) is 2.66. The van der Waals surface area contributed by atoms with Gasteiger partial charge in [-0.05, 0) is 18.8 Å². The first-order valence-electron chi connectivity index (χ1n) is 5.12. The molecule has 13 heavy (non-hydrogen) atoms. The summed E-state index contributed by atoms with van der Waals surface area (Å²) in [4.78, 5) is 0. The minimum Gasteiger partial charge on any atom is -0.478 e. The summed E-state index contributed by atoms with van der Waals surface area (Å²) in [6.07, 6.45) is 4.93. The molecule has 1 atom stereocenters. The summed E-state index contributed by atoms with van der Waals surface area (Å²) >= 11 is 0. The molecule has 1 saturated carbocycles. The molecule has 0 heterocycles. The Morgan fingerprint density at radius 3 is 2.69 bits per heavy atom. The highest BCUT2D eigenvalue weighted by Crippen LogP contribution is 2.27. The lowest BCUT2D eigenvalue weighted by molar-refractivity contribution is 0.0532. The number of nitrogens with one attached hydrogen (secondary N) is 1. The second-order valence-corrected chi connectivity index (χ2v) is 3.70. The van der Waals surface area contributed by atoms with Crippen LogP contribution in [0.15, 0.2) is 0 Å². The van der Waals surface area contributed by atoms with Crippen LogP contribution >= 0.6 is 0 Å². The van der Waals surface area contributed by atoms with E-state index in [0.29, 0.717) is 18.9 Å². The van der Waals surface area contributed by atoms with E-state index >= 15 is 0 Å². The van der Waals surface area contributed by atoms with Gasteiger partial charge in [-0.25, -0.2) is 0 Å². The van der Waals surface area contributed by atoms with Crippen LogP contribution in [-0.2, 0) is 4.74 Å². The van der Waals surface area contributed by atoms with Crippen LogP contribution < -0.4 is 0 Å². The molecule has 0 bridgehead atoms. The summed E-state index contributed by atoms with van der Waals surface area (Å²) in [5, 5.41) is 16.9. The van der Waals surface area contributed by atoms with Crippen LogP contribution in [0, 0.1) is 11.3 Å². The second kappa shape index (κ2) is 5.22. The van der Waals surface area contributed by atoms with Crippen LogP contribution in [0.2, 0.25) is 0 Å². The molecule has 3 nitrogen and oxygen atoms in total. The SMILES string of the molecule is CCC(=N)OCC(O)C1CCCC1. The third kappa shape index (κ3) is 3.35. The Kier molecular flexibility index (Phi) is 4.22. The summed E-state index contributed by atoms with van der Waals surface area (Å²) in [5.74, 6) is 0.682. The van der Waals surface area contributed by atoms with E-state index in [1.165, 1.54) is 12.8 Å². The largest absolute Gasteiger partial charge is 0.478 e. The minimum absolute atomic E-state index is 0.275. The molecular weight excluding hydrogens is 166 g/mol. The normalized spacial score (nSPS) is 20.2. The molecule has 0 aromatic carbocycles. The summed E-state index contributed by atoms with van der Waals surface area (Å²) in [5.41, 5.74) is 0. The van der Waals surface area contributed by atoms with Gasteiger partial charge in [0.25, 0.3) is 0 Å². The second-order valence-electron chi connectivity index (χ2n) is 3.70. The van der Waals surface area contributed by atoms with Crippen molar-refractivity contribution in [3.63, 3.8) is 0 Å². The smallest absolute Gasteiger partial charge is 0.180 e. The van der Waals surface area contributed by atoms with Gasteiger partial charge in [0.15, 0.2) is 5.90 Å². The van der Waals surface area contributed by atoms with Crippen LogP contribution in [0.3, 0.4) is 0 Å². The van der Waals surface area contributed by atoms with Crippen molar-refractivity contribution in [3.8, 4) is 0 Å². The standard InChI is InChI=1S/C10H19NO2/c1-2-10(11)13-7-9(12)8-5-3-4-6-8/h8-9,11-12H,2-7H2,1H3. The van der Waals surface area contributed by atoms with Gasteiger partial charge in [-0.2, -0.15) is 0 Å². The molecule has 76 valence electrons. The third-order valence-corrected chi connectivity index (χ3v) is 2.69. The molecule has 3 heteroatoms. The maximum atomic E-state index is 9.67. The van der Waals surface area contributed by atoms with Crippen molar-refractivity contribution in [2.24, 2.45) is 5.92 Å². The number of rotatable bonds is 4. The maximum Gasteiger partial charge on any atom is 0.180 e. The molecule has 0 amide bonds. The van der Waals surface area contributed by atoms with E-state index in [1.807, 2.05) is 6.92 Å². The fraction of sp³-hybridized carbons (Fsp3) is 0.900. The predicted octanol–water partition coefficient (Wildman–Crippen LogP) is 1.94. The Hall–Kier alpha value is -0.570. The summed E-state index contributed by atoms with van der Waals surface area (Å²) in [7, 11) is 0. The molecule has 0 aromatic heterocycles. The number of hydrogen-bond acceptors (Lipinski definition) is 3. The Bertz CT molecular complexity index is 164. The number of ether oxygens (including phenoxy) is 1. The van der Waals surface area contributed by atoms with Crippen LogP contribution in [0.1, 0.15) is 39.0 Å². The molecule has 0 radical (unpaired) electrons. The van der Waals surface area contributed by atoms with Gasteiger partial charge >= 0.3 is 0 Å². The zero-order chi connectivity index (χ0) is 9.68. The van der Waals surface area contributed by atoms with Gasteiger partial charge in [0.2, 0.25) is 0 Å². The Morgan fingerprint density at radius 1 is 1.54 bits per heavy atom. The van der Waals surface area contributed by atoms with Crippen molar-refractivity contribution >= 4 is 5.90 Å². The first-order chi connectivity index (χ1) is 6.24. The lowest BCUT2D eigenvalue weighted by atomic mass is 10.0. The monoisotopic (exact) mass is 185 g/mol. The van der Waals surface area contributed by atoms with E-state index < -0.39 is 0 Å². The van der Waals surface area contributed by atoms with Gasteiger partial charge in [-0.1, -0.05) is 19.8 Å². The summed E-state index contributed by atoms with van der Waals surface area (Å²) in [6.45, 7) is 2.18. The van der Waals surface area contributed by atoms with Crippen LogP contribution in [-0.4, -0.2) is 23.7 Å². The van der Waals surface area contributed by atoms with Crippen molar-refractivity contribution in [2.75, 3.05) is 6.61 Å². The van der Waals surface area contributed by atoms with Gasteiger partial charge in [0, 0.05) is 6.42 Å². The first kappa shape index (κ1) is 10.5. The lowest BCUT2D eigenvalue weighted by Crippen LogP contribution is -2.25. The van der Waals surface area contributed by atoms with Crippen molar-refractivity contribution < 1.29 is 9.84 Å². The maximum absolute atomic E-state index is 9.67. The number of aliphatic hydroxyl groups is 1. The summed E-state index contributed by atoms with van der Waals surface area (Å²) in [6, 6.07) is 0. The van der Waals surface area contributed by atoms with Crippen LogP contribution in [0.5, 0.6) is 0 Å². The molecule has 2 N–H and O–H groups in total. The van der Waals surface area contributed by atoms with E-state index in [2.05, 4.69) is 0 Å². The molecule has 0 aromatic rings. The molecule has 0 saturated heterocycles. The van der Waals surface area contributed by atoms with E-state index in [4.69, 9.17) is 10.1 Å². The molecular formula is C10H19NO2. The fourth-order valence-corrected chi connectivity index (χ4v) is 1.77. The van der Waals surface area contributed by atoms with Crippen LogP contribution in [0.4, 0.5) is 0 Å². The fourth-order valence-electron chi connectivity index (χ4n) is 1.77. The Labute approximate surface area is 79.6 Å². The topological polar surface area (TPSA) is 53.3 Å². The molecule has 0 aliphatic heterocycles. The summed E-state index contributed by atoms with van der Waals surface area (Å²) < 4.78 is 5.10. The van der Waals surface area contributed by atoms with Gasteiger partial charge < -0.3 is 9.84 Å². The number of hydrogen-bond donors (Lipinski definition) is 2. The quantitative estimate of drug-likeness (QED) is 0.519. The zero-order valence-corrected chi connectivity index (χ0v) is 8.25. The molecule has 0 spiro atoms. The van der Waals surface area contributed by atoms with Gasteiger partial charge in [0.1, 0.15) is 6.61 Å². The van der Waals surface area contributed by atoms with Crippen molar-refractivity contribution in [2.45, 2.75) is 45.1 Å². The lowest BCUT2D eigenvalue weighted by Gasteiger charge is -2.17. The van der Waals surface area contributed by atoms with Gasteiger partial charge in [0.05, 0.1) is 6.10 Å². The van der Waals surface area contributed by atoms with Gasteiger partial charge in [-0.15, -0.1) is 0 Å². The number of aliphatic hydroxyl groups excluding tert-OH is 1. The highest BCUT2D eigenvalue weighted by molar-refractivity contribution is 5.72. The van der Waals surface area contributed by atoms with Gasteiger partial charge in [-0.3, -0.25) is 5.41 Å². The van der Waals surface area contributed by atoms with Crippen molar-refractivity contribution in [1.82, 2.24) is 0 Å². The zero-order valence-electron chi connectivity index (χ0n) is 8.25. The molecule has 1 rings (SSSR count). The highest BCUT2D eigenvalue weighted by atomic mass is 16.5.